The number of amides is 2. The van der Waals surface area contributed by atoms with Crippen LogP contribution in [-0.4, -0.2) is 17.9 Å². The topological polar surface area (TPSA) is 67.4 Å². The summed E-state index contributed by atoms with van der Waals surface area (Å²) in [5.74, 6) is -0.944. The average Bonchev–Trinajstić information content (AvgIpc) is 2.48. The highest BCUT2D eigenvalue weighted by Crippen LogP contribution is 2.24. The van der Waals surface area contributed by atoms with Crippen LogP contribution in [0, 0.1) is 6.92 Å². The van der Waals surface area contributed by atoms with Crippen LogP contribution >= 0.6 is 0 Å². The van der Waals surface area contributed by atoms with E-state index in [0.717, 1.165) is 5.56 Å². The van der Waals surface area contributed by atoms with E-state index in [9.17, 15) is 9.59 Å². The molecule has 0 heterocycles. The summed E-state index contributed by atoms with van der Waals surface area (Å²) in [5, 5.41) is 5.15. The highest BCUT2D eigenvalue weighted by molar-refractivity contribution is 6.43. The lowest BCUT2D eigenvalue weighted by Crippen LogP contribution is -2.29. The Morgan fingerprint density at radius 2 is 1.65 bits per heavy atom. The highest BCUT2D eigenvalue weighted by atomic mass is 16.5. The standard InChI is InChI=1S/C18H20N2O3/c1-12(2)23-16-10-5-4-9-15(16)20-18(22)17(21)19-14-8-6-7-13(3)11-14/h4-12H,1-3H3,(H,19,21)(H,20,22). The molecule has 2 aromatic carbocycles. The van der Waals surface area contributed by atoms with Gasteiger partial charge in [-0.2, -0.15) is 0 Å². The number of benzene rings is 2. The predicted octanol–water partition coefficient (Wildman–Crippen LogP) is 3.36. The second-order valence-corrected chi connectivity index (χ2v) is 5.44. The van der Waals surface area contributed by atoms with E-state index < -0.39 is 11.8 Å². The van der Waals surface area contributed by atoms with Crippen LogP contribution in [0.25, 0.3) is 0 Å². The molecule has 0 aliphatic heterocycles. The Bertz CT molecular complexity index is 711. The van der Waals surface area contributed by atoms with Crippen molar-refractivity contribution in [1.29, 1.82) is 0 Å². The number of aryl methyl sites for hydroxylation is 1. The largest absolute Gasteiger partial charge is 0.489 e. The van der Waals surface area contributed by atoms with E-state index in [2.05, 4.69) is 10.6 Å². The van der Waals surface area contributed by atoms with Gasteiger partial charge in [0.05, 0.1) is 11.8 Å². The molecule has 0 saturated heterocycles. The smallest absolute Gasteiger partial charge is 0.314 e. The first-order valence-electron chi connectivity index (χ1n) is 7.40. The molecule has 5 nitrogen and oxygen atoms in total. The van der Waals surface area contributed by atoms with Crippen LogP contribution in [0.5, 0.6) is 5.75 Å². The average molecular weight is 312 g/mol. The molecule has 2 amide bonds. The maximum Gasteiger partial charge on any atom is 0.314 e. The van der Waals surface area contributed by atoms with E-state index in [4.69, 9.17) is 4.74 Å². The SMILES string of the molecule is Cc1cccc(NC(=O)C(=O)Nc2ccccc2OC(C)C)c1. The molecule has 0 aromatic heterocycles. The van der Waals surface area contributed by atoms with Crippen LogP contribution in [0.3, 0.4) is 0 Å². The summed E-state index contributed by atoms with van der Waals surface area (Å²) in [5.41, 5.74) is 2.04. The van der Waals surface area contributed by atoms with Crippen molar-refractivity contribution in [2.45, 2.75) is 26.9 Å². The van der Waals surface area contributed by atoms with Crippen molar-refractivity contribution in [1.82, 2.24) is 0 Å². The number of carbonyl (C=O) groups is 2. The van der Waals surface area contributed by atoms with Crippen molar-refractivity contribution in [3.8, 4) is 5.75 Å². The maximum atomic E-state index is 12.1. The molecule has 2 rings (SSSR count). The molecule has 2 aromatic rings. The second kappa shape index (κ2) is 7.45. The van der Waals surface area contributed by atoms with Crippen LogP contribution < -0.4 is 15.4 Å². The van der Waals surface area contributed by atoms with E-state index in [1.165, 1.54) is 0 Å². The van der Waals surface area contributed by atoms with Gasteiger partial charge in [-0.3, -0.25) is 9.59 Å². The molecule has 0 aliphatic carbocycles. The van der Waals surface area contributed by atoms with Crippen molar-refractivity contribution in [2.75, 3.05) is 10.6 Å². The Balaban J connectivity index is 2.05. The van der Waals surface area contributed by atoms with Crippen LogP contribution in [0.2, 0.25) is 0 Å². The van der Waals surface area contributed by atoms with Gasteiger partial charge in [0.2, 0.25) is 0 Å². The number of hydrogen-bond donors (Lipinski definition) is 2. The molecule has 120 valence electrons. The van der Waals surface area contributed by atoms with Gasteiger partial charge in [0.1, 0.15) is 5.75 Å². The van der Waals surface area contributed by atoms with Gasteiger partial charge in [0, 0.05) is 5.69 Å². The fourth-order valence-corrected chi connectivity index (χ4v) is 2.02. The lowest BCUT2D eigenvalue weighted by Gasteiger charge is -2.14. The number of hydrogen-bond acceptors (Lipinski definition) is 3. The van der Waals surface area contributed by atoms with Crippen molar-refractivity contribution in [3.05, 3.63) is 54.1 Å². The van der Waals surface area contributed by atoms with Crippen molar-refractivity contribution >= 4 is 23.2 Å². The minimum absolute atomic E-state index is 0.0332. The first-order chi connectivity index (χ1) is 11.0. The summed E-state index contributed by atoms with van der Waals surface area (Å²) in [7, 11) is 0. The van der Waals surface area contributed by atoms with Gasteiger partial charge in [0.25, 0.3) is 0 Å². The lowest BCUT2D eigenvalue weighted by atomic mass is 10.2. The minimum Gasteiger partial charge on any atom is -0.489 e. The fraction of sp³-hybridized carbons (Fsp3) is 0.222. The molecule has 5 heteroatoms. The maximum absolute atomic E-state index is 12.1. The zero-order valence-corrected chi connectivity index (χ0v) is 13.4. The lowest BCUT2D eigenvalue weighted by molar-refractivity contribution is -0.133. The van der Waals surface area contributed by atoms with Gasteiger partial charge in [-0.05, 0) is 50.6 Å². The quantitative estimate of drug-likeness (QED) is 0.851. The van der Waals surface area contributed by atoms with Gasteiger partial charge in [-0.15, -0.1) is 0 Å². The third kappa shape index (κ3) is 4.85. The number of nitrogens with one attached hydrogen (secondary N) is 2. The molecular formula is C18H20N2O3. The summed E-state index contributed by atoms with van der Waals surface area (Å²) in [6.45, 7) is 5.70. The second-order valence-electron chi connectivity index (χ2n) is 5.44. The molecular weight excluding hydrogens is 292 g/mol. The molecule has 0 radical (unpaired) electrons. The number of anilines is 2. The first-order valence-corrected chi connectivity index (χ1v) is 7.40. The van der Waals surface area contributed by atoms with E-state index in [1.54, 1.807) is 36.4 Å². The number of rotatable bonds is 4. The number of para-hydroxylation sites is 2. The van der Waals surface area contributed by atoms with Crippen molar-refractivity contribution in [3.63, 3.8) is 0 Å². The highest BCUT2D eigenvalue weighted by Gasteiger charge is 2.16. The van der Waals surface area contributed by atoms with Gasteiger partial charge in [-0.25, -0.2) is 0 Å². The van der Waals surface area contributed by atoms with Crippen LogP contribution in [-0.2, 0) is 9.59 Å². The summed E-state index contributed by atoms with van der Waals surface area (Å²) >= 11 is 0. The molecule has 0 saturated carbocycles. The fourth-order valence-electron chi connectivity index (χ4n) is 2.02. The molecule has 23 heavy (non-hydrogen) atoms. The third-order valence-electron chi connectivity index (χ3n) is 2.98. The minimum atomic E-state index is -0.744. The molecule has 0 spiro atoms. The monoisotopic (exact) mass is 312 g/mol. The van der Waals surface area contributed by atoms with E-state index in [-0.39, 0.29) is 6.10 Å². The van der Waals surface area contributed by atoms with Gasteiger partial charge >= 0.3 is 11.8 Å². The van der Waals surface area contributed by atoms with Crippen LogP contribution in [0.4, 0.5) is 11.4 Å². The molecule has 0 fully saturated rings. The summed E-state index contributed by atoms with van der Waals surface area (Å²) in [6, 6.07) is 14.3. The third-order valence-corrected chi connectivity index (χ3v) is 2.98. The Labute approximate surface area is 135 Å². The van der Waals surface area contributed by atoms with E-state index in [1.807, 2.05) is 32.9 Å². The number of carbonyl (C=O) groups excluding carboxylic acids is 2. The van der Waals surface area contributed by atoms with Crippen LogP contribution in [0.15, 0.2) is 48.5 Å². The Morgan fingerprint density at radius 3 is 2.35 bits per heavy atom. The zero-order valence-electron chi connectivity index (χ0n) is 13.4. The Kier molecular flexibility index (Phi) is 5.36. The predicted molar refractivity (Wildman–Crippen MR) is 90.6 cm³/mol. The summed E-state index contributed by atoms with van der Waals surface area (Å²) in [4.78, 5) is 24.1. The van der Waals surface area contributed by atoms with E-state index >= 15 is 0 Å². The molecule has 0 aliphatic rings. The summed E-state index contributed by atoms with van der Waals surface area (Å²) < 4.78 is 5.61. The van der Waals surface area contributed by atoms with E-state index in [0.29, 0.717) is 17.1 Å². The van der Waals surface area contributed by atoms with Crippen molar-refractivity contribution in [2.24, 2.45) is 0 Å². The Hall–Kier alpha value is -2.82. The normalized spacial score (nSPS) is 10.3. The van der Waals surface area contributed by atoms with Crippen molar-refractivity contribution < 1.29 is 14.3 Å². The van der Waals surface area contributed by atoms with Crippen LogP contribution in [0.1, 0.15) is 19.4 Å². The number of ether oxygens (including phenoxy) is 1. The summed E-state index contributed by atoms with van der Waals surface area (Å²) in [6.07, 6.45) is -0.0332. The zero-order chi connectivity index (χ0) is 16.8. The molecule has 0 atom stereocenters. The first kappa shape index (κ1) is 16.5. The van der Waals surface area contributed by atoms with Gasteiger partial charge < -0.3 is 15.4 Å². The molecule has 2 N–H and O–H groups in total. The van der Waals surface area contributed by atoms with Gasteiger partial charge in [0.15, 0.2) is 0 Å². The molecule has 0 unspecified atom stereocenters. The molecule has 0 bridgehead atoms. The Morgan fingerprint density at radius 1 is 0.957 bits per heavy atom. The van der Waals surface area contributed by atoms with Gasteiger partial charge in [-0.1, -0.05) is 24.3 Å².